The fourth-order valence-electron chi connectivity index (χ4n) is 10.8. The molecular formula is C62H94O18. The number of esters is 6. The number of epoxide rings is 6. The largest absolute Gasteiger partial charge is 0.463 e. The van der Waals surface area contributed by atoms with Gasteiger partial charge < -0.3 is 56.8 Å². The Balaban J connectivity index is 0.000000231. The number of allylic oxidation sites excluding steroid dienone is 6. The van der Waals surface area contributed by atoms with Gasteiger partial charge in [0, 0.05) is 12.8 Å². The van der Waals surface area contributed by atoms with Gasteiger partial charge in [-0.3, -0.25) is 28.8 Å². The topological polar surface area (TPSA) is 233 Å². The molecule has 0 saturated carbocycles. The molecule has 14 atom stereocenters. The average Bonchev–Trinajstić information content (AvgIpc) is 4.25. The molecule has 18 heteroatoms. The highest BCUT2D eigenvalue weighted by Crippen LogP contribution is 2.43. The van der Waals surface area contributed by atoms with Crippen LogP contribution < -0.4 is 0 Å². The number of rotatable bonds is 41. The molecule has 0 aromatic rings. The van der Waals surface area contributed by atoms with E-state index >= 15 is 0 Å². The van der Waals surface area contributed by atoms with Crippen LogP contribution in [-0.2, 0) is 85.6 Å². The van der Waals surface area contributed by atoms with Crippen LogP contribution in [0.15, 0.2) is 36.5 Å². The van der Waals surface area contributed by atoms with Crippen molar-refractivity contribution in [3.05, 3.63) is 36.5 Å². The third-order valence-electron chi connectivity index (χ3n) is 16.1. The lowest BCUT2D eigenvalue weighted by Crippen LogP contribution is -2.43. The van der Waals surface area contributed by atoms with Gasteiger partial charge in [-0.1, -0.05) is 134 Å². The Hall–Kier alpha value is -4.20. The van der Waals surface area contributed by atoms with Gasteiger partial charge in [0.15, 0.2) is 0 Å². The fraction of sp³-hybridized carbons (Fsp3) is 0.806. The monoisotopic (exact) mass is 1130 g/mol. The smallest absolute Gasteiger partial charge is 0.310 e. The minimum Gasteiger partial charge on any atom is -0.463 e. The molecule has 18 nitrogen and oxygen atoms in total. The predicted molar refractivity (Wildman–Crippen MR) is 292 cm³/mol. The van der Waals surface area contributed by atoms with Crippen LogP contribution in [0.25, 0.3) is 0 Å². The van der Waals surface area contributed by atoms with Gasteiger partial charge in [-0.15, -0.1) is 0 Å². The van der Waals surface area contributed by atoms with E-state index in [9.17, 15) is 28.8 Å². The molecule has 2 aliphatic carbocycles. The highest BCUT2D eigenvalue weighted by Gasteiger charge is 2.48. The maximum atomic E-state index is 13.4. The van der Waals surface area contributed by atoms with E-state index in [0.29, 0.717) is 72.1 Å². The third kappa shape index (κ3) is 24.7. The molecule has 0 bridgehead atoms. The summed E-state index contributed by atoms with van der Waals surface area (Å²) < 4.78 is 64.0. The van der Waals surface area contributed by atoms with Crippen LogP contribution >= 0.6 is 0 Å². The molecule has 8 rings (SSSR count). The van der Waals surface area contributed by atoms with Gasteiger partial charge in [-0.05, 0) is 68.6 Å². The van der Waals surface area contributed by atoms with Gasteiger partial charge in [0.05, 0.1) is 63.3 Å². The van der Waals surface area contributed by atoms with Crippen molar-refractivity contribution in [2.45, 2.75) is 192 Å². The van der Waals surface area contributed by atoms with Crippen molar-refractivity contribution in [2.75, 3.05) is 79.3 Å². The minimum atomic E-state index is -0.589. The molecule has 6 saturated heterocycles. The first-order valence-corrected chi connectivity index (χ1v) is 30.8. The molecule has 0 amide bonds. The lowest BCUT2D eigenvalue weighted by Gasteiger charge is -2.37. The zero-order valence-electron chi connectivity index (χ0n) is 47.9. The summed E-state index contributed by atoms with van der Waals surface area (Å²) in [5.41, 5.74) is 0. The Kier molecular flexibility index (Phi) is 27.8. The summed E-state index contributed by atoms with van der Waals surface area (Å²) in [4.78, 5) is 77.1. The van der Waals surface area contributed by atoms with E-state index in [1.165, 1.54) is 0 Å². The first-order chi connectivity index (χ1) is 39.1. The SMILES string of the molecule is CC/C=C/CC1C=CC(CCCCCCCCC(=O)OCC2CO2)C(C(=O)OCC2CO2)C1C(=O)OCC1CO1.CCCCCC1C=CC(CCCCCCCCC(=O)OCC2CO2)C(C(=O)OCC2CO2)C1C(=O)OCC1CO1. The Labute approximate surface area is 474 Å². The predicted octanol–water partition coefficient (Wildman–Crippen LogP) is 8.87. The normalized spacial score (nSPS) is 30.1. The van der Waals surface area contributed by atoms with Crippen LogP contribution in [0.1, 0.15) is 155 Å². The zero-order valence-corrected chi connectivity index (χ0v) is 47.9. The number of unbranched alkanes of at least 4 members (excludes halogenated alkanes) is 12. The van der Waals surface area contributed by atoms with Crippen LogP contribution in [0.2, 0.25) is 0 Å². The van der Waals surface area contributed by atoms with Crippen LogP contribution in [0.4, 0.5) is 0 Å². The van der Waals surface area contributed by atoms with Crippen LogP contribution in [0, 0.1) is 47.3 Å². The van der Waals surface area contributed by atoms with Gasteiger partial charge in [0.2, 0.25) is 0 Å². The lowest BCUT2D eigenvalue weighted by molar-refractivity contribution is -0.166. The molecule has 0 radical (unpaired) electrons. The average molecular weight is 1130 g/mol. The molecule has 8 aliphatic rings. The van der Waals surface area contributed by atoms with Crippen molar-refractivity contribution in [1.82, 2.24) is 0 Å². The van der Waals surface area contributed by atoms with Gasteiger partial charge >= 0.3 is 35.8 Å². The Bertz CT molecular complexity index is 1980. The van der Waals surface area contributed by atoms with Crippen molar-refractivity contribution in [3.8, 4) is 0 Å². The van der Waals surface area contributed by atoms with E-state index in [1.807, 2.05) is 0 Å². The molecule has 0 aromatic heterocycles. The molecular weight excluding hydrogens is 1030 g/mol. The molecule has 6 heterocycles. The highest BCUT2D eigenvalue weighted by atomic mass is 16.6. The number of hydrogen-bond acceptors (Lipinski definition) is 18. The maximum Gasteiger partial charge on any atom is 0.310 e. The Morgan fingerprint density at radius 3 is 0.950 bits per heavy atom. The Morgan fingerprint density at radius 2 is 0.637 bits per heavy atom. The van der Waals surface area contributed by atoms with Crippen molar-refractivity contribution in [2.24, 2.45) is 47.3 Å². The summed E-state index contributed by atoms with van der Waals surface area (Å²) >= 11 is 0. The van der Waals surface area contributed by atoms with Crippen molar-refractivity contribution in [3.63, 3.8) is 0 Å². The Morgan fingerprint density at radius 1 is 0.362 bits per heavy atom. The van der Waals surface area contributed by atoms with Gasteiger partial charge in [-0.25, -0.2) is 0 Å². The summed E-state index contributed by atoms with van der Waals surface area (Å²) in [7, 11) is 0. The van der Waals surface area contributed by atoms with Gasteiger partial charge in [0.1, 0.15) is 76.3 Å². The van der Waals surface area contributed by atoms with Gasteiger partial charge in [0.25, 0.3) is 0 Å². The summed E-state index contributed by atoms with van der Waals surface area (Å²) in [5, 5.41) is 0. The number of hydrogen-bond donors (Lipinski definition) is 0. The fourth-order valence-corrected chi connectivity index (χ4v) is 10.8. The molecule has 0 aromatic carbocycles. The molecule has 14 unspecified atom stereocenters. The van der Waals surface area contributed by atoms with E-state index in [2.05, 4.69) is 50.3 Å². The second-order valence-electron chi connectivity index (χ2n) is 23.1. The molecule has 0 spiro atoms. The first-order valence-electron chi connectivity index (χ1n) is 30.8. The first kappa shape index (κ1) is 63.4. The summed E-state index contributed by atoms with van der Waals surface area (Å²) in [6.45, 7) is 9.77. The second-order valence-corrected chi connectivity index (χ2v) is 23.1. The standard InChI is InChI=1S/C31H48O9.C31H46O9/c2*1-2-3-8-11-22-14-15-23(12-9-6-4-5-7-10-13-27(32)38-19-24-16-35-24)29(31(34)40-21-26-18-37-26)28(22)30(33)39-20-25-17-36-25/h14-15,22-26,28-29H,2-13,16-21H2,1H3;3,8,14-15,22-26,28-29H,2,4-7,9-13,16-21H2,1H3/b;8-3+. The quantitative estimate of drug-likeness (QED) is 0.0183. The van der Waals surface area contributed by atoms with Crippen molar-refractivity contribution in [1.29, 1.82) is 0 Å². The maximum absolute atomic E-state index is 13.4. The number of carbonyl (C=O) groups is 6. The molecule has 6 fully saturated rings. The van der Waals surface area contributed by atoms with E-state index in [4.69, 9.17) is 56.8 Å². The minimum absolute atomic E-state index is 0.0159. The summed E-state index contributed by atoms with van der Waals surface area (Å²) in [5.74, 6) is -4.13. The van der Waals surface area contributed by atoms with Crippen molar-refractivity contribution < 1.29 is 85.6 Å². The molecule has 450 valence electrons. The molecule has 6 aliphatic heterocycles. The van der Waals surface area contributed by atoms with E-state index < -0.39 is 23.7 Å². The summed E-state index contributed by atoms with van der Waals surface area (Å²) in [6, 6.07) is 0. The highest BCUT2D eigenvalue weighted by molar-refractivity contribution is 5.84. The number of carbonyl (C=O) groups excluding carboxylic acids is 6. The third-order valence-corrected chi connectivity index (χ3v) is 16.1. The summed E-state index contributed by atoms with van der Waals surface area (Å²) in [6.07, 6.45) is 32.9. The second kappa shape index (κ2) is 35.1. The van der Waals surface area contributed by atoms with Crippen LogP contribution in [-0.4, -0.2) is 152 Å². The number of ether oxygens (including phenoxy) is 12. The van der Waals surface area contributed by atoms with Gasteiger partial charge in [-0.2, -0.15) is 0 Å². The van der Waals surface area contributed by atoms with E-state index in [-0.39, 0.29) is 123 Å². The van der Waals surface area contributed by atoms with Crippen molar-refractivity contribution >= 4 is 35.8 Å². The molecule has 80 heavy (non-hydrogen) atoms. The van der Waals surface area contributed by atoms with Crippen LogP contribution in [0.5, 0.6) is 0 Å². The van der Waals surface area contributed by atoms with Crippen LogP contribution in [0.3, 0.4) is 0 Å². The molecule has 0 N–H and O–H groups in total. The van der Waals surface area contributed by atoms with E-state index in [0.717, 1.165) is 122 Å². The van der Waals surface area contributed by atoms with E-state index in [1.54, 1.807) is 0 Å². The zero-order chi connectivity index (χ0) is 56.3. The lowest BCUT2D eigenvalue weighted by atomic mass is 9.67.